The van der Waals surface area contributed by atoms with E-state index in [0.29, 0.717) is 12.1 Å². The number of rotatable bonds is 5. The van der Waals surface area contributed by atoms with Crippen molar-refractivity contribution in [3.63, 3.8) is 0 Å². The maximum Gasteiger partial charge on any atom is 0.360 e. The van der Waals surface area contributed by atoms with Crippen LogP contribution in [-0.4, -0.2) is 31.2 Å². The normalized spacial score (nSPS) is 15.7. The Hall–Kier alpha value is -1.41. The molecule has 1 aliphatic rings. The number of carbonyl (C=O) groups is 1. The van der Waals surface area contributed by atoms with E-state index in [-0.39, 0.29) is 23.1 Å². The van der Waals surface area contributed by atoms with Gasteiger partial charge in [0.1, 0.15) is 4.90 Å². The Labute approximate surface area is 105 Å². The SMILES string of the molecule is CCCOC(=O)c1n[nH]c(C2CC2)c1S(N)(=O)=O. The molecule has 8 heteroatoms. The number of nitrogens with zero attached hydrogens (tertiary/aromatic N) is 1. The molecule has 0 aromatic carbocycles. The van der Waals surface area contributed by atoms with Crippen molar-refractivity contribution in [1.29, 1.82) is 0 Å². The lowest BCUT2D eigenvalue weighted by Gasteiger charge is -2.03. The molecule has 1 aromatic rings. The number of aromatic nitrogens is 2. The van der Waals surface area contributed by atoms with Crippen molar-refractivity contribution < 1.29 is 17.9 Å². The molecule has 1 heterocycles. The van der Waals surface area contributed by atoms with Crippen molar-refractivity contribution in [2.75, 3.05) is 6.61 Å². The molecule has 100 valence electrons. The second kappa shape index (κ2) is 4.69. The van der Waals surface area contributed by atoms with Crippen LogP contribution in [-0.2, 0) is 14.8 Å². The number of nitrogens with two attached hydrogens (primary N) is 1. The molecule has 1 saturated carbocycles. The minimum atomic E-state index is -3.99. The number of ether oxygens (including phenoxy) is 1. The van der Waals surface area contributed by atoms with Crippen LogP contribution in [0, 0.1) is 0 Å². The number of nitrogens with one attached hydrogen (secondary N) is 1. The molecule has 0 atom stereocenters. The summed E-state index contributed by atoms with van der Waals surface area (Å²) in [6.07, 6.45) is 2.39. The second-order valence-electron chi connectivity index (χ2n) is 4.27. The van der Waals surface area contributed by atoms with E-state index in [1.807, 2.05) is 6.92 Å². The topological polar surface area (TPSA) is 115 Å². The third-order valence-electron chi connectivity index (χ3n) is 2.65. The van der Waals surface area contributed by atoms with E-state index in [9.17, 15) is 13.2 Å². The average Bonchev–Trinajstić information content (AvgIpc) is 3.03. The van der Waals surface area contributed by atoms with Crippen molar-refractivity contribution in [3.8, 4) is 0 Å². The standard InChI is InChI=1S/C10H15N3O4S/c1-2-5-17-10(14)8-9(18(11,15)16)7(12-13-8)6-3-4-6/h6H,2-5H2,1H3,(H,12,13)(H2,11,15,16). The van der Waals surface area contributed by atoms with Crippen LogP contribution < -0.4 is 5.14 Å². The van der Waals surface area contributed by atoms with E-state index in [0.717, 1.165) is 12.8 Å². The summed E-state index contributed by atoms with van der Waals surface area (Å²) in [7, 11) is -3.99. The molecule has 0 radical (unpaired) electrons. The van der Waals surface area contributed by atoms with Crippen molar-refractivity contribution in [2.24, 2.45) is 5.14 Å². The molecule has 3 N–H and O–H groups in total. The highest BCUT2D eigenvalue weighted by Gasteiger charge is 2.36. The zero-order chi connectivity index (χ0) is 13.3. The van der Waals surface area contributed by atoms with E-state index in [1.165, 1.54) is 0 Å². The molecular weight excluding hydrogens is 258 g/mol. The van der Waals surface area contributed by atoms with Gasteiger partial charge in [-0.25, -0.2) is 18.4 Å². The third-order valence-corrected chi connectivity index (χ3v) is 3.63. The summed E-state index contributed by atoms with van der Waals surface area (Å²) >= 11 is 0. The van der Waals surface area contributed by atoms with E-state index >= 15 is 0 Å². The van der Waals surface area contributed by atoms with Gasteiger partial charge >= 0.3 is 5.97 Å². The Bertz CT molecular complexity index is 560. The minimum absolute atomic E-state index is 0.0959. The largest absolute Gasteiger partial charge is 0.461 e. The van der Waals surface area contributed by atoms with Gasteiger partial charge in [-0.05, 0) is 19.3 Å². The monoisotopic (exact) mass is 273 g/mol. The van der Waals surface area contributed by atoms with Gasteiger partial charge in [0.25, 0.3) is 0 Å². The van der Waals surface area contributed by atoms with Gasteiger partial charge in [-0.15, -0.1) is 0 Å². The Kier molecular flexibility index (Phi) is 3.40. The molecule has 0 aliphatic heterocycles. The molecule has 2 rings (SSSR count). The molecule has 7 nitrogen and oxygen atoms in total. The van der Waals surface area contributed by atoms with Crippen molar-refractivity contribution in [1.82, 2.24) is 10.2 Å². The second-order valence-corrected chi connectivity index (χ2v) is 5.77. The van der Waals surface area contributed by atoms with Crippen molar-refractivity contribution in [2.45, 2.75) is 37.0 Å². The number of esters is 1. The Morgan fingerprint density at radius 2 is 2.22 bits per heavy atom. The Morgan fingerprint density at radius 3 is 2.72 bits per heavy atom. The first-order chi connectivity index (χ1) is 8.45. The van der Waals surface area contributed by atoms with Crippen LogP contribution in [0.2, 0.25) is 0 Å². The smallest absolute Gasteiger partial charge is 0.360 e. The molecule has 1 aromatic heterocycles. The zero-order valence-corrected chi connectivity index (χ0v) is 10.8. The number of aromatic amines is 1. The first-order valence-electron chi connectivity index (χ1n) is 5.73. The lowest BCUT2D eigenvalue weighted by Crippen LogP contribution is -2.18. The third kappa shape index (κ3) is 2.54. The highest BCUT2D eigenvalue weighted by atomic mass is 32.2. The molecular formula is C10H15N3O4S. The lowest BCUT2D eigenvalue weighted by atomic mass is 10.2. The number of H-pyrrole nitrogens is 1. The van der Waals surface area contributed by atoms with Gasteiger partial charge in [0, 0.05) is 5.92 Å². The fraction of sp³-hybridized carbons (Fsp3) is 0.600. The number of sulfonamides is 1. The van der Waals surface area contributed by atoms with Gasteiger partial charge in [-0.2, -0.15) is 5.10 Å². The van der Waals surface area contributed by atoms with Crippen LogP contribution in [0.15, 0.2) is 4.90 Å². The fourth-order valence-electron chi connectivity index (χ4n) is 1.68. The highest BCUT2D eigenvalue weighted by molar-refractivity contribution is 7.89. The van der Waals surface area contributed by atoms with Crippen LogP contribution in [0.4, 0.5) is 0 Å². The highest BCUT2D eigenvalue weighted by Crippen LogP contribution is 2.42. The van der Waals surface area contributed by atoms with Crippen LogP contribution in [0.1, 0.15) is 48.3 Å². The summed E-state index contributed by atoms with van der Waals surface area (Å²) in [6.45, 7) is 2.06. The molecule has 18 heavy (non-hydrogen) atoms. The van der Waals surface area contributed by atoms with Gasteiger partial charge in [0.05, 0.1) is 12.3 Å². The summed E-state index contributed by atoms with van der Waals surface area (Å²) in [4.78, 5) is 11.5. The summed E-state index contributed by atoms with van der Waals surface area (Å²) < 4.78 is 28.0. The molecule has 1 fully saturated rings. The molecule has 0 amide bonds. The van der Waals surface area contributed by atoms with Gasteiger partial charge in [0.15, 0.2) is 5.69 Å². The molecule has 1 aliphatic carbocycles. The summed E-state index contributed by atoms with van der Waals surface area (Å²) in [5.41, 5.74) is 0.175. The number of hydrogen-bond donors (Lipinski definition) is 2. The zero-order valence-electron chi connectivity index (χ0n) is 9.97. The van der Waals surface area contributed by atoms with Crippen molar-refractivity contribution >= 4 is 16.0 Å². The Balaban J connectivity index is 2.38. The van der Waals surface area contributed by atoms with Gasteiger partial charge in [0.2, 0.25) is 10.0 Å². The van der Waals surface area contributed by atoms with Gasteiger partial charge < -0.3 is 4.74 Å². The lowest BCUT2D eigenvalue weighted by molar-refractivity contribution is 0.0493. The number of primary sulfonamides is 1. The van der Waals surface area contributed by atoms with E-state index in [1.54, 1.807) is 0 Å². The molecule has 0 spiro atoms. The first-order valence-corrected chi connectivity index (χ1v) is 7.28. The average molecular weight is 273 g/mol. The first kappa shape index (κ1) is 13.0. The number of hydrogen-bond acceptors (Lipinski definition) is 5. The van der Waals surface area contributed by atoms with Gasteiger partial charge in [-0.3, -0.25) is 5.10 Å². The van der Waals surface area contributed by atoms with Crippen LogP contribution in [0.5, 0.6) is 0 Å². The summed E-state index contributed by atoms with van der Waals surface area (Å²) in [6, 6.07) is 0. The van der Waals surface area contributed by atoms with E-state index in [4.69, 9.17) is 9.88 Å². The van der Waals surface area contributed by atoms with Crippen molar-refractivity contribution in [3.05, 3.63) is 11.4 Å². The maximum absolute atomic E-state index is 11.7. The molecule has 0 bridgehead atoms. The van der Waals surface area contributed by atoms with Crippen LogP contribution in [0.25, 0.3) is 0 Å². The summed E-state index contributed by atoms with van der Waals surface area (Å²) in [5, 5.41) is 11.5. The van der Waals surface area contributed by atoms with Crippen LogP contribution >= 0.6 is 0 Å². The molecule has 0 unspecified atom stereocenters. The summed E-state index contributed by atoms with van der Waals surface area (Å²) in [5.74, 6) is -0.664. The van der Waals surface area contributed by atoms with E-state index in [2.05, 4.69) is 10.2 Å². The predicted octanol–water partition coefficient (Wildman–Crippen LogP) is 0.501. The number of carbonyl (C=O) groups excluding carboxylic acids is 1. The predicted molar refractivity (Wildman–Crippen MR) is 62.5 cm³/mol. The fourth-order valence-corrected chi connectivity index (χ4v) is 2.60. The minimum Gasteiger partial charge on any atom is -0.461 e. The van der Waals surface area contributed by atoms with E-state index < -0.39 is 16.0 Å². The molecule has 0 saturated heterocycles. The quantitative estimate of drug-likeness (QED) is 0.758. The Morgan fingerprint density at radius 1 is 1.56 bits per heavy atom. The maximum atomic E-state index is 11.7. The van der Waals surface area contributed by atoms with Gasteiger partial charge in [-0.1, -0.05) is 6.92 Å². The van der Waals surface area contributed by atoms with Crippen LogP contribution in [0.3, 0.4) is 0 Å².